The Bertz CT molecular complexity index is 594. The zero-order valence-corrected chi connectivity index (χ0v) is 22.1. The van der Waals surface area contributed by atoms with E-state index in [2.05, 4.69) is 22.5 Å². The number of hydrogen-bond acceptors (Lipinski definition) is 4. The van der Waals surface area contributed by atoms with E-state index in [0.717, 1.165) is 12.8 Å². The molecule has 0 aromatic heterocycles. The Hall–Kier alpha value is -2.32. The van der Waals surface area contributed by atoms with Gasteiger partial charge in [0.25, 0.3) is 0 Å². The van der Waals surface area contributed by atoms with Gasteiger partial charge in [-0.05, 0) is 25.7 Å². The highest BCUT2D eigenvalue weighted by molar-refractivity contribution is 5.86. The second kappa shape index (κ2) is 23.4. The van der Waals surface area contributed by atoms with Gasteiger partial charge in [0.15, 0.2) is 5.96 Å². The van der Waals surface area contributed by atoms with Crippen molar-refractivity contribution < 1.29 is 14.4 Å². The Morgan fingerprint density at radius 2 is 1.20 bits per heavy atom. The van der Waals surface area contributed by atoms with Gasteiger partial charge in [-0.1, -0.05) is 84.0 Å². The van der Waals surface area contributed by atoms with E-state index in [1.807, 2.05) is 0 Å². The molecule has 0 unspecified atom stereocenters. The number of hydrogen-bond donors (Lipinski definition) is 5. The Kier molecular flexibility index (Phi) is 21.9. The van der Waals surface area contributed by atoms with E-state index in [0.29, 0.717) is 38.8 Å². The first-order chi connectivity index (χ1) is 16.9. The van der Waals surface area contributed by atoms with Crippen LogP contribution in [0.2, 0.25) is 0 Å². The molecule has 0 fully saturated rings. The van der Waals surface area contributed by atoms with E-state index in [1.54, 1.807) is 0 Å². The van der Waals surface area contributed by atoms with Crippen LogP contribution in [0.5, 0.6) is 0 Å². The van der Waals surface area contributed by atoms with Gasteiger partial charge in [0, 0.05) is 25.9 Å². The molecule has 0 aromatic carbocycles. The lowest BCUT2D eigenvalue weighted by atomic mass is 10.0. The van der Waals surface area contributed by atoms with Crippen molar-refractivity contribution in [3.8, 4) is 0 Å². The summed E-state index contributed by atoms with van der Waals surface area (Å²) in [6.45, 7) is 3.06. The number of primary amides is 1. The molecule has 0 saturated heterocycles. The minimum Gasteiger partial charge on any atom is -0.370 e. The monoisotopic (exact) mass is 496 g/mol. The standard InChI is InChI=1S/C26H52N6O3/c1-2-3-4-5-6-7-8-9-10-11-12-13-14-18-23(33)30-20-16-19-24(34)32-22(25(27)35)17-15-21-31-26(28)29/h22H,2-21H2,1H3,(H2,27,35)(H,30,33)(H,32,34)(H4,28,29,31)/t22-/m0/s1. The Balaban J connectivity index is 3.62. The lowest BCUT2D eigenvalue weighted by Crippen LogP contribution is -2.44. The summed E-state index contributed by atoms with van der Waals surface area (Å²) in [5, 5.41) is 5.50. The quantitative estimate of drug-likeness (QED) is 0.0783. The number of carbonyl (C=O) groups is 3. The van der Waals surface area contributed by atoms with Crippen molar-refractivity contribution in [2.75, 3.05) is 13.1 Å². The van der Waals surface area contributed by atoms with E-state index in [-0.39, 0.29) is 24.2 Å². The van der Waals surface area contributed by atoms with Crippen molar-refractivity contribution in [2.45, 2.75) is 129 Å². The highest BCUT2D eigenvalue weighted by Gasteiger charge is 2.17. The fraction of sp³-hybridized carbons (Fsp3) is 0.846. The van der Waals surface area contributed by atoms with Crippen LogP contribution in [-0.2, 0) is 14.4 Å². The maximum absolute atomic E-state index is 12.1. The maximum Gasteiger partial charge on any atom is 0.240 e. The summed E-state index contributed by atoms with van der Waals surface area (Å²) < 4.78 is 0. The Labute approximate surface area is 212 Å². The zero-order valence-electron chi connectivity index (χ0n) is 22.1. The van der Waals surface area contributed by atoms with Gasteiger partial charge in [-0.25, -0.2) is 0 Å². The molecular weight excluding hydrogens is 444 g/mol. The zero-order chi connectivity index (χ0) is 26.2. The molecule has 0 spiro atoms. The molecule has 9 nitrogen and oxygen atoms in total. The molecule has 0 heterocycles. The van der Waals surface area contributed by atoms with Crippen LogP contribution < -0.4 is 27.8 Å². The molecule has 9 heteroatoms. The van der Waals surface area contributed by atoms with Crippen molar-refractivity contribution in [1.29, 1.82) is 0 Å². The SMILES string of the molecule is CCCCCCCCCCCCCCCC(=O)NCCCC(=O)N[C@@H](CCCN=C(N)N)C(N)=O. The third-order valence-electron chi connectivity index (χ3n) is 6.03. The van der Waals surface area contributed by atoms with Gasteiger partial charge in [-0.3, -0.25) is 19.4 Å². The van der Waals surface area contributed by atoms with Gasteiger partial charge < -0.3 is 27.8 Å². The lowest BCUT2D eigenvalue weighted by Gasteiger charge is -2.15. The van der Waals surface area contributed by atoms with Gasteiger partial charge >= 0.3 is 0 Å². The van der Waals surface area contributed by atoms with Crippen molar-refractivity contribution >= 4 is 23.7 Å². The predicted molar refractivity (Wildman–Crippen MR) is 144 cm³/mol. The number of nitrogens with zero attached hydrogens (tertiary/aromatic N) is 1. The average Bonchev–Trinajstić information content (AvgIpc) is 2.81. The van der Waals surface area contributed by atoms with E-state index in [4.69, 9.17) is 17.2 Å². The second-order valence-electron chi connectivity index (χ2n) is 9.42. The van der Waals surface area contributed by atoms with Crippen molar-refractivity contribution in [2.24, 2.45) is 22.2 Å². The summed E-state index contributed by atoms with van der Waals surface area (Å²) in [4.78, 5) is 39.4. The first-order valence-corrected chi connectivity index (χ1v) is 13.8. The van der Waals surface area contributed by atoms with Gasteiger partial charge in [-0.15, -0.1) is 0 Å². The molecule has 0 aromatic rings. The van der Waals surface area contributed by atoms with Crippen molar-refractivity contribution in [3.05, 3.63) is 0 Å². The van der Waals surface area contributed by atoms with Crippen LogP contribution in [0.1, 0.15) is 122 Å². The predicted octanol–water partition coefficient (Wildman–Crippen LogP) is 3.39. The summed E-state index contributed by atoms with van der Waals surface area (Å²) in [7, 11) is 0. The van der Waals surface area contributed by atoms with Crippen molar-refractivity contribution in [1.82, 2.24) is 10.6 Å². The van der Waals surface area contributed by atoms with Crippen LogP contribution in [0.4, 0.5) is 0 Å². The number of aliphatic imine (C=N–C) groups is 1. The molecule has 8 N–H and O–H groups in total. The number of carbonyl (C=O) groups excluding carboxylic acids is 3. The molecule has 0 saturated carbocycles. The number of nitrogens with one attached hydrogen (secondary N) is 2. The minimum atomic E-state index is -0.748. The van der Waals surface area contributed by atoms with Crippen molar-refractivity contribution in [3.63, 3.8) is 0 Å². The summed E-state index contributed by atoms with van der Waals surface area (Å²) in [6, 6.07) is -0.748. The summed E-state index contributed by atoms with van der Waals surface area (Å²) in [6.07, 6.45) is 18.8. The smallest absolute Gasteiger partial charge is 0.240 e. The third kappa shape index (κ3) is 23.2. The number of amides is 3. The molecule has 0 aliphatic rings. The van der Waals surface area contributed by atoms with Crippen LogP contribution in [0.15, 0.2) is 4.99 Å². The molecule has 0 radical (unpaired) electrons. The maximum atomic E-state index is 12.1. The number of unbranched alkanes of at least 4 members (excludes halogenated alkanes) is 12. The molecular formula is C26H52N6O3. The summed E-state index contributed by atoms with van der Waals surface area (Å²) in [5.41, 5.74) is 15.9. The van der Waals surface area contributed by atoms with Crippen LogP contribution in [-0.4, -0.2) is 42.8 Å². The normalized spacial score (nSPS) is 11.6. The van der Waals surface area contributed by atoms with E-state index >= 15 is 0 Å². The first kappa shape index (κ1) is 32.7. The minimum absolute atomic E-state index is 0.0132. The number of nitrogens with two attached hydrogens (primary N) is 3. The van der Waals surface area contributed by atoms with Gasteiger partial charge in [0.05, 0.1) is 0 Å². The average molecular weight is 497 g/mol. The van der Waals surface area contributed by atoms with Gasteiger partial charge in [0.2, 0.25) is 17.7 Å². The fourth-order valence-electron chi connectivity index (χ4n) is 3.92. The van der Waals surface area contributed by atoms with Crippen LogP contribution in [0.3, 0.4) is 0 Å². The molecule has 0 bridgehead atoms. The molecule has 35 heavy (non-hydrogen) atoms. The number of guanidine groups is 1. The number of rotatable bonds is 24. The first-order valence-electron chi connectivity index (χ1n) is 13.8. The van der Waals surface area contributed by atoms with E-state index < -0.39 is 11.9 Å². The molecule has 0 aliphatic carbocycles. The van der Waals surface area contributed by atoms with Crippen LogP contribution >= 0.6 is 0 Å². The summed E-state index contributed by atoms with van der Waals surface area (Å²) in [5.74, 6) is -0.834. The van der Waals surface area contributed by atoms with E-state index in [1.165, 1.54) is 70.6 Å². The molecule has 3 amide bonds. The largest absolute Gasteiger partial charge is 0.370 e. The second-order valence-corrected chi connectivity index (χ2v) is 9.42. The Morgan fingerprint density at radius 3 is 1.71 bits per heavy atom. The Morgan fingerprint density at radius 1 is 0.686 bits per heavy atom. The highest BCUT2D eigenvalue weighted by atomic mass is 16.2. The molecule has 0 aliphatic heterocycles. The topological polar surface area (TPSA) is 166 Å². The third-order valence-corrected chi connectivity index (χ3v) is 6.03. The van der Waals surface area contributed by atoms with Gasteiger partial charge in [-0.2, -0.15) is 0 Å². The molecule has 204 valence electrons. The molecule has 1 atom stereocenters. The lowest BCUT2D eigenvalue weighted by molar-refractivity contribution is -0.127. The van der Waals surface area contributed by atoms with Crippen LogP contribution in [0.25, 0.3) is 0 Å². The van der Waals surface area contributed by atoms with Crippen LogP contribution in [0, 0.1) is 0 Å². The summed E-state index contributed by atoms with van der Waals surface area (Å²) >= 11 is 0. The fourth-order valence-corrected chi connectivity index (χ4v) is 3.92. The highest BCUT2D eigenvalue weighted by Crippen LogP contribution is 2.13. The van der Waals surface area contributed by atoms with E-state index in [9.17, 15) is 14.4 Å². The molecule has 0 rings (SSSR count). The van der Waals surface area contributed by atoms with Gasteiger partial charge in [0.1, 0.15) is 6.04 Å².